The van der Waals surface area contributed by atoms with E-state index in [-0.39, 0.29) is 11.5 Å². The van der Waals surface area contributed by atoms with Gasteiger partial charge in [-0.2, -0.15) is 0 Å². The van der Waals surface area contributed by atoms with Crippen LogP contribution in [0.3, 0.4) is 0 Å². The second-order valence-electron chi connectivity index (χ2n) is 6.39. The third-order valence-electron chi connectivity index (χ3n) is 4.58. The molecule has 2 heterocycles. The maximum Gasteiger partial charge on any atom is 0.330 e. The second kappa shape index (κ2) is 5.05. The lowest BCUT2D eigenvalue weighted by molar-refractivity contribution is 0.609. The van der Waals surface area contributed by atoms with Gasteiger partial charge in [-0.25, -0.2) is 14.2 Å². The van der Waals surface area contributed by atoms with E-state index < -0.39 is 0 Å². The number of hydrogen-bond acceptors (Lipinski definition) is 2. The van der Waals surface area contributed by atoms with Crippen LogP contribution in [0.2, 0.25) is 0 Å². The fraction of sp³-hybridized carbons (Fsp3) is 0.333. The second-order valence-corrected chi connectivity index (χ2v) is 6.39. The van der Waals surface area contributed by atoms with Gasteiger partial charge in [0.2, 0.25) is 0 Å². The number of fused-ring (bicyclic) bond motifs is 1. The molecule has 3 aromatic rings. The molecule has 4 rings (SSSR count). The Balaban J connectivity index is 1.87. The Bertz CT molecular complexity index is 966. The molecule has 0 amide bonds. The normalized spacial score (nSPS) is 14.6. The Morgan fingerprint density at radius 1 is 1.26 bits per heavy atom. The predicted octanol–water partition coefficient (Wildman–Crippen LogP) is 3.26. The van der Waals surface area contributed by atoms with E-state index in [0.29, 0.717) is 11.6 Å². The molecule has 0 saturated heterocycles. The summed E-state index contributed by atoms with van der Waals surface area (Å²) in [7, 11) is 1.75. The van der Waals surface area contributed by atoms with Gasteiger partial charge < -0.3 is 0 Å². The zero-order valence-electron chi connectivity index (χ0n) is 13.2. The topological polar surface area (TPSA) is 39.8 Å². The van der Waals surface area contributed by atoms with E-state index in [1.54, 1.807) is 17.7 Å². The number of nitrogens with zero attached hydrogens (tertiary/aromatic N) is 3. The number of rotatable bonds is 3. The van der Waals surface area contributed by atoms with Crippen molar-refractivity contribution in [1.82, 2.24) is 14.1 Å². The van der Waals surface area contributed by atoms with Crippen molar-refractivity contribution in [3.8, 4) is 11.3 Å². The summed E-state index contributed by atoms with van der Waals surface area (Å²) in [5.41, 5.74) is 4.00. The minimum absolute atomic E-state index is 0.0209. The van der Waals surface area contributed by atoms with E-state index in [4.69, 9.17) is 0 Å². The Hall–Kier alpha value is -2.43. The van der Waals surface area contributed by atoms with Gasteiger partial charge in [0, 0.05) is 19.2 Å². The Morgan fingerprint density at radius 2 is 2.04 bits per heavy atom. The van der Waals surface area contributed by atoms with Gasteiger partial charge in [0.25, 0.3) is 0 Å². The molecule has 5 heteroatoms. The molecule has 1 fully saturated rings. The molecule has 2 aromatic heterocycles. The van der Waals surface area contributed by atoms with Gasteiger partial charge in [-0.05, 0) is 61.6 Å². The smallest absolute Gasteiger partial charge is 0.290 e. The fourth-order valence-electron chi connectivity index (χ4n) is 3.07. The quantitative estimate of drug-likeness (QED) is 0.745. The summed E-state index contributed by atoms with van der Waals surface area (Å²) in [6, 6.07) is 8.53. The van der Waals surface area contributed by atoms with Crippen LogP contribution in [0.15, 0.2) is 35.1 Å². The van der Waals surface area contributed by atoms with E-state index in [1.807, 2.05) is 23.6 Å². The summed E-state index contributed by atoms with van der Waals surface area (Å²) in [5, 5.41) is 0. The number of hydrogen-bond donors (Lipinski definition) is 0. The first-order chi connectivity index (χ1) is 11.0. The van der Waals surface area contributed by atoms with Crippen molar-refractivity contribution in [2.45, 2.75) is 26.3 Å². The van der Waals surface area contributed by atoms with Crippen molar-refractivity contribution in [1.29, 1.82) is 0 Å². The molecule has 4 nitrogen and oxygen atoms in total. The summed E-state index contributed by atoms with van der Waals surface area (Å²) >= 11 is 0. The van der Waals surface area contributed by atoms with Crippen LogP contribution < -0.4 is 5.69 Å². The molecule has 0 N–H and O–H groups in total. The van der Waals surface area contributed by atoms with Crippen molar-refractivity contribution in [2.75, 3.05) is 0 Å². The summed E-state index contributed by atoms with van der Waals surface area (Å²) in [4.78, 5) is 17.1. The third kappa shape index (κ3) is 2.36. The molecule has 1 saturated carbocycles. The highest BCUT2D eigenvalue weighted by molar-refractivity contribution is 5.77. The van der Waals surface area contributed by atoms with Crippen molar-refractivity contribution < 1.29 is 4.39 Å². The lowest BCUT2D eigenvalue weighted by Crippen LogP contribution is -2.22. The average Bonchev–Trinajstić information content (AvgIpc) is 3.31. The van der Waals surface area contributed by atoms with E-state index >= 15 is 0 Å². The molecule has 118 valence electrons. The fourth-order valence-corrected chi connectivity index (χ4v) is 3.07. The van der Waals surface area contributed by atoms with Gasteiger partial charge in [-0.1, -0.05) is 0 Å². The summed E-state index contributed by atoms with van der Waals surface area (Å²) < 4.78 is 16.7. The zero-order chi connectivity index (χ0) is 16.1. The van der Waals surface area contributed by atoms with Crippen molar-refractivity contribution in [2.24, 2.45) is 13.0 Å². The van der Waals surface area contributed by atoms with E-state index in [2.05, 4.69) is 4.98 Å². The van der Waals surface area contributed by atoms with Crippen LogP contribution in [-0.2, 0) is 13.6 Å². The van der Waals surface area contributed by atoms with Crippen LogP contribution in [-0.4, -0.2) is 14.1 Å². The molecule has 23 heavy (non-hydrogen) atoms. The highest BCUT2D eigenvalue weighted by Gasteiger charge is 2.24. The first-order valence-corrected chi connectivity index (χ1v) is 7.87. The SMILES string of the molecule is Cc1cc(F)ccc1-c1ccc2c(n1)n(C)c(=O)n2CC1CC1. The molecule has 0 spiro atoms. The molecule has 1 aliphatic rings. The van der Waals surface area contributed by atoms with E-state index in [0.717, 1.165) is 28.9 Å². The first kappa shape index (κ1) is 14.2. The lowest BCUT2D eigenvalue weighted by atomic mass is 10.1. The number of benzene rings is 1. The van der Waals surface area contributed by atoms with Crippen LogP contribution >= 0.6 is 0 Å². The zero-order valence-corrected chi connectivity index (χ0v) is 13.2. The Kier molecular flexibility index (Phi) is 3.11. The monoisotopic (exact) mass is 311 g/mol. The van der Waals surface area contributed by atoms with Crippen LogP contribution in [0, 0.1) is 18.7 Å². The molecule has 0 unspecified atom stereocenters. The Morgan fingerprint density at radius 3 is 2.74 bits per heavy atom. The summed E-state index contributed by atoms with van der Waals surface area (Å²) in [5.74, 6) is 0.368. The largest absolute Gasteiger partial charge is 0.330 e. The third-order valence-corrected chi connectivity index (χ3v) is 4.58. The van der Waals surface area contributed by atoms with Crippen molar-refractivity contribution in [3.63, 3.8) is 0 Å². The van der Waals surface area contributed by atoms with E-state index in [9.17, 15) is 9.18 Å². The molecule has 0 atom stereocenters. The number of aromatic nitrogens is 3. The molecule has 0 radical (unpaired) electrons. The molecule has 0 bridgehead atoms. The highest BCUT2D eigenvalue weighted by atomic mass is 19.1. The maximum absolute atomic E-state index is 13.3. The predicted molar refractivity (Wildman–Crippen MR) is 87.8 cm³/mol. The highest BCUT2D eigenvalue weighted by Crippen LogP contribution is 2.31. The van der Waals surface area contributed by atoms with Crippen LogP contribution in [0.4, 0.5) is 4.39 Å². The molecule has 1 aromatic carbocycles. The molecule has 0 aliphatic heterocycles. The lowest BCUT2D eigenvalue weighted by Gasteiger charge is -2.06. The van der Waals surface area contributed by atoms with E-state index in [1.165, 1.54) is 25.0 Å². The van der Waals surface area contributed by atoms with Crippen LogP contribution in [0.5, 0.6) is 0 Å². The van der Waals surface area contributed by atoms with Gasteiger partial charge in [0.1, 0.15) is 5.82 Å². The number of halogens is 1. The molecule has 1 aliphatic carbocycles. The molecular formula is C18H18FN3O. The van der Waals surface area contributed by atoms with Gasteiger partial charge in [0.05, 0.1) is 11.2 Å². The van der Waals surface area contributed by atoms with Crippen molar-refractivity contribution in [3.05, 3.63) is 52.2 Å². The summed E-state index contributed by atoms with van der Waals surface area (Å²) in [6.45, 7) is 2.63. The van der Waals surface area contributed by atoms with Crippen LogP contribution in [0.1, 0.15) is 18.4 Å². The van der Waals surface area contributed by atoms with Crippen molar-refractivity contribution >= 4 is 11.2 Å². The van der Waals surface area contributed by atoms with Gasteiger partial charge >= 0.3 is 5.69 Å². The summed E-state index contributed by atoms with van der Waals surface area (Å²) in [6.07, 6.45) is 2.40. The van der Waals surface area contributed by atoms with Gasteiger partial charge in [-0.15, -0.1) is 0 Å². The molecular weight excluding hydrogens is 293 g/mol. The minimum atomic E-state index is -0.254. The average molecular weight is 311 g/mol. The standard InChI is InChI=1S/C18H18FN3O/c1-11-9-13(19)5-6-14(11)15-7-8-16-17(20-15)21(2)18(23)22(16)10-12-3-4-12/h5-9,12H,3-4,10H2,1-2H3. The first-order valence-electron chi connectivity index (χ1n) is 7.87. The number of aryl methyl sites for hydroxylation is 2. The van der Waals surface area contributed by atoms with Crippen LogP contribution in [0.25, 0.3) is 22.4 Å². The maximum atomic E-state index is 13.3. The number of imidazole rings is 1. The Labute approximate surface area is 133 Å². The van der Waals surface area contributed by atoms with Gasteiger partial charge in [0.15, 0.2) is 5.65 Å². The minimum Gasteiger partial charge on any atom is -0.290 e. The van der Waals surface area contributed by atoms with Gasteiger partial charge in [-0.3, -0.25) is 9.13 Å². The number of pyridine rings is 1.